The van der Waals surface area contributed by atoms with Gasteiger partial charge in [0.25, 0.3) is 5.91 Å². The molecule has 0 heterocycles. The third kappa shape index (κ3) is 6.18. The summed E-state index contributed by atoms with van der Waals surface area (Å²) in [5, 5.41) is 12.9. The number of carbonyl (C=O) groups excluding carboxylic acids is 1. The molecule has 0 bridgehead atoms. The van der Waals surface area contributed by atoms with Crippen LogP contribution in [0.3, 0.4) is 0 Å². The van der Waals surface area contributed by atoms with Gasteiger partial charge in [-0.15, -0.1) is 0 Å². The summed E-state index contributed by atoms with van der Waals surface area (Å²) in [4.78, 5) is 12.0. The van der Waals surface area contributed by atoms with Crippen molar-refractivity contribution in [2.75, 3.05) is 27.4 Å². The first-order valence-corrected chi connectivity index (χ1v) is 8.95. The molecule has 1 amide bonds. The van der Waals surface area contributed by atoms with E-state index < -0.39 is 6.10 Å². The maximum absolute atomic E-state index is 12.0. The molecule has 0 spiro atoms. The summed E-state index contributed by atoms with van der Waals surface area (Å²) in [7, 11) is 3.08. The zero-order valence-electron chi connectivity index (χ0n) is 16.0. The molecule has 0 saturated heterocycles. The lowest BCUT2D eigenvalue weighted by molar-refractivity contribution is -0.123. The maximum Gasteiger partial charge on any atom is 0.258 e. The number of benzene rings is 2. The van der Waals surface area contributed by atoms with Gasteiger partial charge in [0.15, 0.2) is 18.1 Å². The lowest BCUT2D eigenvalue weighted by Crippen LogP contribution is -2.32. The van der Waals surface area contributed by atoms with E-state index in [-0.39, 0.29) is 19.1 Å². The summed E-state index contributed by atoms with van der Waals surface area (Å²) in [6, 6.07) is 12.8. The van der Waals surface area contributed by atoms with E-state index in [9.17, 15) is 9.90 Å². The van der Waals surface area contributed by atoms with Crippen LogP contribution in [0.25, 0.3) is 0 Å². The molecule has 2 N–H and O–H groups in total. The largest absolute Gasteiger partial charge is 0.493 e. The molecule has 0 aromatic heterocycles. The number of rotatable bonds is 10. The molecule has 0 aliphatic carbocycles. The third-order valence-electron chi connectivity index (χ3n) is 4.12. The molecule has 0 aliphatic heterocycles. The Labute approximate surface area is 160 Å². The Morgan fingerprint density at radius 3 is 2.41 bits per heavy atom. The maximum atomic E-state index is 12.0. The van der Waals surface area contributed by atoms with Crippen LogP contribution in [0.15, 0.2) is 42.5 Å². The van der Waals surface area contributed by atoms with Gasteiger partial charge in [-0.1, -0.05) is 31.5 Å². The second-order valence-corrected chi connectivity index (χ2v) is 6.12. The van der Waals surface area contributed by atoms with Crippen LogP contribution in [0.4, 0.5) is 0 Å². The lowest BCUT2D eigenvalue weighted by Gasteiger charge is -2.15. The summed E-state index contributed by atoms with van der Waals surface area (Å²) in [6.45, 7) is 2.10. The van der Waals surface area contributed by atoms with Crippen LogP contribution in [0.1, 0.15) is 30.6 Å². The van der Waals surface area contributed by atoms with Gasteiger partial charge < -0.3 is 24.6 Å². The number of nitrogens with one attached hydrogen (secondary N) is 1. The molecule has 2 rings (SSSR count). The highest BCUT2D eigenvalue weighted by molar-refractivity contribution is 5.77. The molecule has 0 saturated carbocycles. The van der Waals surface area contributed by atoms with Crippen molar-refractivity contribution in [3.63, 3.8) is 0 Å². The zero-order valence-corrected chi connectivity index (χ0v) is 16.0. The van der Waals surface area contributed by atoms with Gasteiger partial charge in [-0.3, -0.25) is 4.79 Å². The number of hydrogen-bond acceptors (Lipinski definition) is 5. The molecular weight excluding hydrogens is 346 g/mol. The third-order valence-corrected chi connectivity index (χ3v) is 4.12. The van der Waals surface area contributed by atoms with Crippen molar-refractivity contribution >= 4 is 5.91 Å². The number of aliphatic hydroxyl groups excluding tert-OH is 1. The van der Waals surface area contributed by atoms with Gasteiger partial charge >= 0.3 is 0 Å². The van der Waals surface area contributed by atoms with E-state index in [1.165, 1.54) is 12.7 Å². The molecule has 146 valence electrons. The van der Waals surface area contributed by atoms with E-state index >= 15 is 0 Å². The van der Waals surface area contributed by atoms with Crippen molar-refractivity contribution in [1.82, 2.24) is 5.32 Å². The van der Waals surface area contributed by atoms with E-state index in [0.717, 1.165) is 12.8 Å². The van der Waals surface area contributed by atoms with Crippen LogP contribution in [-0.2, 0) is 11.2 Å². The number of methoxy groups -OCH3 is 2. The highest BCUT2D eigenvalue weighted by Crippen LogP contribution is 2.29. The smallest absolute Gasteiger partial charge is 0.258 e. The van der Waals surface area contributed by atoms with Crippen LogP contribution in [0.5, 0.6) is 17.2 Å². The molecule has 1 atom stereocenters. The first-order valence-electron chi connectivity index (χ1n) is 8.95. The monoisotopic (exact) mass is 373 g/mol. The minimum Gasteiger partial charge on any atom is -0.493 e. The number of aliphatic hydroxyl groups is 1. The van der Waals surface area contributed by atoms with Gasteiger partial charge in [0.2, 0.25) is 0 Å². The normalized spacial score (nSPS) is 11.6. The van der Waals surface area contributed by atoms with Gasteiger partial charge in [0, 0.05) is 6.54 Å². The van der Waals surface area contributed by atoms with Crippen LogP contribution in [0.2, 0.25) is 0 Å². The summed E-state index contributed by atoms with van der Waals surface area (Å²) in [5.41, 5.74) is 1.87. The second kappa shape index (κ2) is 10.4. The van der Waals surface area contributed by atoms with E-state index in [1.54, 1.807) is 25.3 Å². The molecule has 0 fully saturated rings. The Kier molecular flexibility index (Phi) is 7.95. The first-order chi connectivity index (χ1) is 13.1. The average molecular weight is 373 g/mol. The minimum absolute atomic E-state index is 0.0765. The molecule has 0 radical (unpaired) electrons. The molecule has 6 heteroatoms. The van der Waals surface area contributed by atoms with Crippen molar-refractivity contribution in [2.45, 2.75) is 25.9 Å². The fraction of sp³-hybridized carbons (Fsp3) is 0.381. The average Bonchev–Trinajstić information content (AvgIpc) is 2.71. The van der Waals surface area contributed by atoms with Gasteiger partial charge in [0.1, 0.15) is 5.75 Å². The standard InChI is InChI=1S/C21H27NO5/c1-4-5-15-6-9-17(10-7-15)27-14-21(24)22-13-18(23)16-8-11-19(25-2)20(12-16)26-3/h6-12,18,23H,4-5,13-14H2,1-3H3,(H,22,24). The number of amides is 1. The van der Waals surface area contributed by atoms with E-state index in [0.29, 0.717) is 22.8 Å². The minimum atomic E-state index is -0.859. The topological polar surface area (TPSA) is 77.0 Å². The molecule has 6 nitrogen and oxygen atoms in total. The highest BCUT2D eigenvalue weighted by atomic mass is 16.5. The Balaban J connectivity index is 1.80. The van der Waals surface area contributed by atoms with Gasteiger partial charge in [-0.05, 0) is 41.8 Å². The summed E-state index contributed by atoms with van der Waals surface area (Å²) >= 11 is 0. The Morgan fingerprint density at radius 2 is 1.78 bits per heavy atom. The molecule has 2 aromatic carbocycles. The molecule has 0 aliphatic rings. The van der Waals surface area contributed by atoms with E-state index in [2.05, 4.69) is 12.2 Å². The van der Waals surface area contributed by atoms with Crippen molar-refractivity contribution in [2.24, 2.45) is 0 Å². The van der Waals surface area contributed by atoms with Crippen molar-refractivity contribution in [1.29, 1.82) is 0 Å². The van der Waals surface area contributed by atoms with Crippen LogP contribution in [0, 0.1) is 0 Å². The Hall–Kier alpha value is -2.73. The lowest BCUT2D eigenvalue weighted by atomic mass is 10.1. The fourth-order valence-corrected chi connectivity index (χ4v) is 2.63. The van der Waals surface area contributed by atoms with Crippen LogP contribution in [-0.4, -0.2) is 38.4 Å². The Bertz CT molecular complexity index is 730. The van der Waals surface area contributed by atoms with E-state index in [1.807, 2.05) is 24.3 Å². The molecular formula is C21H27NO5. The fourth-order valence-electron chi connectivity index (χ4n) is 2.63. The summed E-state index contributed by atoms with van der Waals surface area (Å²) in [6.07, 6.45) is 1.25. The number of aryl methyl sites for hydroxylation is 1. The van der Waals surface area contributed by atoms with Gasteiger partial charge in [0.05, 0.1) is 20.3 Å². The predicted octanol–water partition coefficient (Wildman–Crippen LogP) is 2.88. The first kappa shape index (κ1) is 20.6. The molecule has 2 aromatic rings. The quantitative estimate of drug-likeness (QED) is 0.670. The Morgan fingerprint density at radius 1 is 1.07 bits per heavy atom. The van der Waals surface area contributed by atoms with Crippen LogP contribution >= 0.6 is 0 Å². The number of carbonyl (C=O) groups is 1. The van der Waals surface area contributed by atoms with Crippen molar-refractivity contribution < 1.29 is 24.1 Å². The van der Waals surface area contributed by atoms with Crippen LogP contribution < -0.4 is 19.5 Å². The van der Waals surface area contributed by atoms with E-state index in [4.69, 9.17) is 14.2 Å². The molecule has 1 unspecified atom stereocenters. The SMILES string of the molecule is CCCc1ccc(OCC(=O)NCC(O)c2ccc(OC)c(OC)c2)cc1. The molecule has 27 heavy (non-hydrogen) atoms. The number of hydrogen-bond donors (Lipinski definition) is 2. The van der Waals surface area contributed by atoms with Gasteiger partial charge in [-0.25, -0.2) is 0 Å². The number of ether oxygens (including phenoxy) is 3. The van der Waals surface area contributed by atoms with Crippen molar-refractivity contribution in [3.8, 4) is 17.2 Å². The summed E-state index contributed by atoms with van der Waals surface area (Å²) < 4.78 is 15.9. The summed E-state index contributed by atoms with van der Waals surface area (Å²) in [5.74, 6) is 1.45. The highest BCUT2D eigenvalue weighted by Gasteiger charge is 2.13. The predicted molar refractivity (Wildman–Crippen MR) is 103 cm³/mol. The van der Waals surface area contributed by atoms with Crippen molar-refractivity contribution in [3.05, 3.63) is 53.6 Å². The van der Waals surface area contributed by atoms with Gasteiger partial charge in [-0.2, -0.15) is 0 Å². The zero-order chi connectivity index (χ0) is 19.6. The second-order valence-electron chi connectivity index (χ2n) is 6.12.